The Bertz CT molecular complexity index is 384. The van der Waals surface area contributed by atoms with E-state index in [4.69, 9.17) is 14.2 Å². The first kappa shape index (κ1) is 15.0. The van der Waals surface area contributed by atoms with Crippen LogP contribution in [0, 0.1) is 5.92 Å². The summed E-state index contributed by atoms with van der Waals surface area (Å²) in [4.78, 5) is 8.72. The van der Waals surface area contributed by atoms with Crippen molar-refractivity contribution in [3.63, 3.8) is 0 Å². The van der Waals surface area contributed by atoms with Gasteiger partial charge in [0, 0.05) is 32.9 Å². The van der Waals surface area contributed by atoms with Gasteiger partial charge in [-0.2, -0.15) is 4.98 Å². The number of anilines is 1. The van der Waals surface area contributed by atoms with Crippen LogP contribution in [0.2, 0.25) is 0 Å². The normalized spacial score (nSPS) is 16.1. The minimum Gasteiger partial charge on any atom is -0.477 e. The van der Waals surface area contributed by atoms with E-state index in [0.29, 0.717) is 30.8 Å². The maximum absolute atomic E-state index is 5.82. The molecule has 0 aliphatic carbocycles. The quantitative estimate of drug-likeness (QED) is 0.823. The van der Waals surface area contributed by atoms with Crippen molar-refractivity contribution in [2.24, 2.45) is 5.92 Å². The number of ether oxygens (including phenoxy) is 3. The van der Waals surface area contributed by atoms with Crippen molar-refractivity contribution in [2.45, 2.75) is 26.4 Å². The maximum atomic E-state index is 5.82. The average molecular weight is 281 g/mol. The number of nitrogens with zero attached hydrogens (tertiary/aromatic N) is 2. The minimum atomic E-state index is 0.382. The molecule has 1 aromatic rings. The second-order valence-electron chi connectivity index (χ2n) is 4.84. The Morgan fingerprint density at radius 1 is 1.35 bits per heavy atom. The van der Waals surface area contributed by atoms with Gasteiger partial charge in [0.1, 0.15) is 12.4 Å². The Morgan fingerprint density at radius 3 is 2.85 bits per heavy atom. The maximum Gasteiger partial charge on any atom is 0.218 e. The van der Waals surface area contributed by atoms with E-state index in [9.17, 15) is 0 Å². The standard InChI is InChI=1S/C14H23N3O3/c1-3-15-12-8-14(17-13(16-12)10-18-2)20-9-11-4-6-19-7-5-11/h8,11H,3-7,9-10H2,1-2H3,(H,15,16,17). The molecule has 0 bridgehead atoms. The van der Waals surface area contributed by atoms with Crippen LogP contribution in [0.4, 0.5) is 5.82 Å². The van der Waals surface area contributed by atoms with Crippen molar-refractivity contribution in [1.29, 1.82) is 0 Å². The highest BCUT2D eigenvalue weighted by atomic mass is 16.5. The van der Waals surface area contributed by atoms with Gasteiger partial charge in [0.15, 0.2) is 5.82 Å². The monoisotopic (exact) mass is 281 g/mol. The predicted octanol–water partition coefficient (Wildman–Crippen LogP) is 1.86. The largest absolute Gasteiger partial charge is 0.477 e. The zero-order valence-corrected chi connectivity index (χ0v) is 12.2. The highest BCUT2D eigenvalue weighted by Crippen LogP contribution is 2.18. The number of hydrogen-bond donors (Lipinski definition) is 1. The molecule has 0 atom stereocenters. The van der Waals surface area contributed by atoms with Crippen LogP contribution in [0.1, 0.15) is 25.6 Å². The molecule has 0 radical (unpaired) electrons. The fourth-order valence-electron chi connectivity index (χ4n) is 2.13. The van der Waals surface area contributed by atoms with Crippen LogP contribution in [0.5, 0.6) is 5.88 Å². The van der Waals surface area contributed by atoms with Gasteiger partial charge in [-0.25, -0.2) is 4.98 Å². The third-order valence-electron chi connectivity index (χ3n) is 3.19. The Labute approximate surface area is 119 Å². The molecule has 6 heteroatoms. The first-order chi connectivity index (χ1) is 9.81. The molecule has 112 valence electrons. The van der Waals surface area contributed by atoms with E-state index in [-0.39, 0.29) is 0 Å². The van der Waals surface area contributed by atoms with Gasteiger partial charge in [0.05, 0.1) is 6.61 Å². The van der Waals surface area contributed by atoms with Gasteiger partial charge in [-0.05, 0) is 25.7 Å². The summed E-state index contributed by atoms with van der Waals surface area (Å²) >= 11 is 0. The van der Waals surface area contributed by atoms with Crippen LogP contribution >= 0.6 is 0 Å². The summed E-state index contributed by atoms with van der Waals surface area (Å²) in [5, 5.41) is 3.18. The fourth-order valence-corrected chi connectivity index (χ4v) is 2.13. The average Bonchev–Trinajstić information content (AvgIpc) is 2.47. The number of nitrogens with one attached hydrogen (secondary N) is 1. The van der Waals surface area contributed by atoms with Gasteiger partial charge >= 0.3 is 0 Å². The van der Waals surface area contributed by atoms with E-state index in [1.165, 1.54) is 0 Å². The number of aromatic nitrogens is 2. The molecular formula is C14H23N3O3. The molecule has 0 aromatic carbocycles. The minimum absolute atomic E-state index is 0.382. The topological polar surface area (TPSA) is 65.5 Å². The van der Waals surface area contributed by atoms with Crippen molar-refractivity contribution >= 4 is 5.82 Å². The van der Waals surface area contributed by atoms with E-state index in [1.807, 2.05) is 13.0 Å². The van der Waals surface area contributed by atoms with Crippen LogP contribution in [0.25, 0.3) is 0 Å². The van der Waals surface area contributed by atoms with Crippen LogP contribution in [-0.4, -0.2) is 43.4 Å². The lowest BCUT2D eigenvalue weighted by atomic mass is 10.0. The Morgan fingerprint density at radius 2 is 2.15 bits per heavy atom. The summed E-state index contributed by atoms with van der Waals surface area (Å²) in [7, 11) is 1.63. The van der Waals surface area contributed by atoms with E-state index >= 15 is 0 Å². The van der Waals surface area contributed by atoms with E-state index < -0.39 is 0 Å². The Hall–Kier alpha value is -1.40. The van der Waals surface area contributed by atoms with Crippen molar-refractivity contribution in [2.75, 3.05) is 38.8 Å². The SMILES string of the molecule is CCNc1cc(OCC2CCOCC2)nc(COC)n1. The lowest BCUT2D eigenvalue weighted by molar-refractivity contribution is 0.0489. The van der Waals surface area contributed by atoms with E-state index in [0.717, 1.165) is 38.4 Å². The second-order valence-corrected chi connectivity index (χ2v) is 4.84. The van der Waals surface area contributed by atoms with Gasteiger partial charge in [-0.3, -0.25) is 0 Å². The van der Waals surface area contributed by atoms with Crippen molar-refractivity contribution < 1.29 is 14.2 Å². The lowest BCUT2D eigenvalue weighted by Gasteiger charge is -2.22. The van der Waals surface area contributed by atoms with Gasteiger partial charge in [-0.1, -0.05) is 0 Å². The number of hydrogen-bond acceptors (Lipinski definition) is 6. The smallest absolute Gasteiger partial charge is 0.218 e. The summed E-state index contributed by atoms with van der Waals surface area (Å²) < 4.78 is 16.2. The molecule has 20 heavy (non-hydrogen) atoms. The zero-order valence-electron chi connectivity index (χ0n) is 12.2. The van der Waals surface area contributed by atoms with Crippen molar-refractivity contribution in [3.8, 4) is 5.88 Å². The van der Waals surface area contributed by atoms with Crippen molar-refractivity contribution in [3.05, 3.63) is 11.9 Å². The van der Waals surface area contributed by atoms with Gasteiger partial charge in [0.25, 0.3) is 0 Å². The third-order valence-corrected chi connectivity index (χ3v) is 3.19. The van der Waals surface area contributed by atoms with Gasteiger partial charge in [0.2, 0.25) is 5.88 Å². The lowest BCUT2D eigenvalue weighted by Crippen LogP contribution is -2.22. The fraction of sp³-hybridized carbons (Fsp3) is 0.714. The second kappa shape index (κ2) is 8.01. The zero-order chi connectivity index (χ0) is 14.2. The molecule has 0 spiro atoms. The summed E-state index contributed by atoms with van der Waals surface area (Å²) in [5.41, 5.74) is 0. The number of rotatable bonds is 7. The molecular weight excluding hydrogens is 258 g/mol. The summed E-state index contributed by atoms with van der Waals surface area (Å²) in [6.45, 7) is 5.56. The molecule has 6 nitrogen and oxygen atoms in total. The Kier molecular flexibility index (Phi) is 6.01. The number of methoxy groups -OCH3 is 1. The molecule has 2 rings (SSSR count). The van der Waals surface area contributed by atoms with Gasteiger partial charge in [-0.15, -0.1) is 0 Å². The van der Waals surface area contributed by atoms with Crippen LogP contribution in [0.15, 0.2) is 6.07 Å². The van der Waals surface area contributed by atoms with Crippen LogP contribution in [0.3, 0.4) is 0 Å². The van der Waals surface area contributed by atoms with Crippen molar-refractivity contribution in [1.82, 2.24) is 9.97 Å². The predicted molar refractivity (Wildman–Crippen MR) is 75.9 cm³/mol. The third kappa shape index (κ3) is 4.61. The molecule has 1 fully saturated rings. The Balaban J connectivity index is 1.97. The molecule has 0 amide bonds. The first-order valence-corrected chi connectivity index (χ1v) is 7.13. The molecule has 1 N–H and O–H groups in total. The molecule has 1 aliphatic rings. The van der Waals surface area contributed by atoms with Crippen LogP contribution < -0.4 is 10.1 Å². The molecule has 1 aliphatic heterocycles. The molecule has 0 unspecified atom stereocenters. The molecule has 1 aromatic heterocycles. The summed E-state index contributed by atoms with van der Waals surface area (Å²) in [6.07, 6.45) is 2.10. The molecule has 2 heterocycles. The summed E-state index contributed by atoms with van der Waals surface area (Å²) in [5.74, 6) is 2.56. The van der Waals surface area contributed by atoms with Gasteiger partial charge < -0.3 is 19.5 Å². The molecule has 0 saturated carbocycles. The highest BCUT2D eigenvalue weighted by molar-refractivity contribution is 5.38. The summed E-state index contributed by atoms with van der Waals surface area (Å²) in [6, 6.07) is 1.84. The van der Waals surface area contributed by atoms with Crippen LogP contribution in [-0.2, 0) is 16.1 Å². The van der Waals surface area contributed by atoms with E-state index in [1.54, 1.807) is 7.11 Å². The molecule has 1 saturated heterocycles. The highest BCUT2D eigenvalue weighted by Gasteiger charge is 2.15. The first-order valence-electron chi connectivity index (χ1n) is 7.13. The van der Waals surface area contributed by atoms with E-state index in [2.05, 4.69) is 15.3 Å².